The molecule has 1 aliphatic rings. The van der Waals surface area contributed by atoms with Gasteiger partial charge in [0.1, 0.15) is 0 Å². The van der Waals surface area contributed by atoms with Crippen LogP contribution in [0.25, 0.3) is 16.7 Å². The molecule has 0 radical (unpaired) electrons. The van der Waals surface area contributed by atoms with Gasteiger partial charge in [-0.25, -0.2) is 0 Å². The molecule has 0 aromatic heterocycles. The Morgan fingerprint density at radius 3 is 2.30 bits per heavy atom. The van der Waals surface area contributed by atoms with Crippen molar-refractivity contribution in [2.45, 2.75) is 6.42 Å². The van der Waals surface area contributed by atoms with E-state index in [0.29, 0.717) is 0 Å². The lowest BCUT2D eigenvalue weighted by molar-refractivity contribution is 0.449. The molecule has 116 valence electrons. The van der Waals surface area contributed by atoms with Gasteiger partial charge < -0.3 is 10.3 Å². The quantitative estimate of drug-likeness (QED) is 0.801. The zero-order chi connectivity index (χ0) is 16.2. The second-order valence-electron chi connectivity index (χ2n) is 6.17. The van der Waals surface area contributed by atoms with Crippen LogP contribution in [0.3, 0.4) is 0 Å². The first-order valence-electron chi connectivity index (χ1n) is 7.92. The first kappa shape index (κ1) is 15.4. The summed E-state index contributed by atoms with van der Waals surface area (Å²) in [6, 6.07) is 16.6. The van der Waals surface area contributed by atoms with Crippen LogP contribution in [-0.2, 0) is 0 Å². The van der Waals surface area contributed by atoms with E-state index in [1.165, 1.54) is 28.5 Å². The molecule has 0 fully saturated rings. The summed E-state index contributed by atoms with van der Waals surface area (Å²) >= 11 is 0. The third kappa shape index (κ3) is 3.33. The summed E-state index contributed by atoms with van der Waals surface area (Å²) in [6.07, 6.45) is 7.04. The zero-order valence-electron chi connectivity index (χ0n) is 13.7. The molecule has 0 unspecified atom stereocenters. The SMILES string of the molecule is CN(C)CC1=CCC(c2ccccc2-c2ccccc2C=N)=C1. The normalized spacial score (nSPS) is 13.9. The first-order chi connectivity index (χ1) is 11.2. The van der Waals surface area contributed by atoms with E-state index in [-0.39, 0.29) is 0 Å². The molecule has 0 spiro atoms. The van der Waals surface area contributed by atoms with Gasteiger partial charge in [-0.2, -0.15) is 0 Å². The van der Waals surface area contributed by atoms with Gasteiger partial charge in [0, 0.05) is 12.8 Å². The van der Waals surface area contributed by atoms with Gasteiger partial charge in [0.2, 0.25) is 0 Å². The molecule has 0 saturated heterocycles. The van der Waals surface area contributed by atoms with Gasteiger partial charge in [-0.1, -0.05) is 60.7 Å². The Bertz CT molecular complexity index is 782. The summed E-state index contributed by atoms with van der Waals surface area (Å²) in [5, 5.41) is 7.67. The summed E-state index contributed by atoms with van der Waals surface area (Å²) in [5.41, 5.74) is 7.29. The number of allylic oxidation sites excluding steroid dienone is 2. The predicted molar refractivity (Wildman–Crippen MR) is 99.0 cm³/mol. The van der Waals surface area contributed by atoms with Gasteiger partial charge in [0.05, 0.1) is 0 Å². The van der Waals surface area contributed by atoms with Crippen molar-refractivity contribution >= 4 is 11.8 Å². The van der Waals surface area contributed by atoms with E-state index in [4.69, 9.17) is 5.41 Å². The molecule has 1 aliphatic carbocycles. The zero-order valence-corrected chi connectivity index (χ0v) is 13.7. The molecule has 0 bridgehead atoms. The summed E-state index contributed by atoms with van der Waals surface area (Å²) in [7, 11) is 4.20. The molecule has 2 aromatic rings. The maximum Gasteiger partial charge on any atom is 0.0256 e. The average Bonchev–Trinajstić information content (AvgIpc) is 3.02. The second kappa shape index (κ2) is 6.76. The number of nitrogens with zero attached hydrogens (tertiary/aromatic N) is 1. The van der Waals surface area contributed by atoms with Gasteiger partial charge in [0.15, 0.2) is 0 Å². The molecule has 0 aliphatic heterocycles. The van der Waals surface area contributed by atoms with Crippen LogP contribution in [0, 0.1) is 5.41 Å². The molecule has 23 heavy (non-hydrogen) atoms. The molecule has 2 aromatic carbocycles. The van der Waals surface area contributed by atoms with Gasteiger partial charge in [0.25, 0.3) is 0 Å². The number of nitrogens with one attached hydrogen (secondary N) is 1. The maximum atomic E-state index is 7.67. The van der Waals surface area contributed by atoms with Crippen LogP contribution in [-0.4, -0.2) is 31.8 Å². The largest absolute Gasteiger partial charge is 0.308 e. The lowest BCUT2D eigenvalue weighted by atomic mass is 9.91. The summed E-state index contributed by atoms with van der Waals surface area (Å²) < 4.78 is 0. The summed E-state index contributed by atoms with van der Waals surface area (Å²) in [4.78, 5) is 2.20. The van der Waals surface area contributed by atoms with E-state index in [0.717, 1.165) is 24.1 Å². The Labute approximate surface area is 138 Å². The third-order valence-corrected chi connectivity index (χ3v) is 4.12. The van der Waals surface area contributed by atoms with E-state index in [9.17, 15) is 0 Å². The topological polar surface area (TPSA) is 27.1 Å². The summed E-state index contributed by atoms with van der Waals surface area (Å²) in [5.74, 6) is 0. The van der Waals surface area contributed by atoms with Gasteiger partial charge in [-0.3, -0.25) is 0 Å². The van der Waals surface area contributed by atoms with Crippen molar-refractivity contribution in [2.24, 2.45) is 0 Å². The Kier molecular flexibility index (Phi) is 4.54. The van der Waals surface area contributed by atoms with Crippen molar-refractivity contribution in [1.29, 1.82) is 5.41 Å². The van der Waals surface area contributed by atoms with E-state index >= 15 is 0 Å². The van der Waals surface area contributed by atoms with Crippen molar-refractivity contribution < 1.29 is 0 Å². The maximum absolute atomic E-state index is 7.67. The van der Waals surface area contributed by atoms with E-state index in [1.54, 1.807) is 0 Å². The van der Waals surface area contributed by atoms with Crippen molar-refractivity contribution in [3.63, 3.8) is 0 Å². The van der Waals surface area contributed by atoms with Crippen molar-refractivity contribution in [1.82, 2.24) is 4.90 Å². The highest BCUT2D eigenvalue weighted by Gasteiger charge is 2.14. The first-order valence-corrected chi connectivity index (χ1v) is 7.92. The van der Waals surface area contributed by atoms with Crippen molar-refractivity contribution in [3.8, 4) is 11.1 Å². The Morgan fingerprint density at radius 1 is 0.957 bits per heavy atom. The van der Waals surface area contributed by atoms with Crippen LogP contribution < -0.4 is 0 Å². The van der Waals surface area contributed by atoms with E-state index in [2.05, 4.69) is 61.5 Å². The Morgan fingerprint density at radius 2 is 1.61 bits per heavy atom. The minimum absolute atomic E-state index is 0.958. The molecule has 0 amide bonds. The predicted octanol–water partition coefficient (Wildman–Crippen LogP) is 4.63. The van der Waals surface area contributed by atoms with Crippen LogP contribution in [0.5, 0.6) is 0 Å². The number of likely N-dealkylation sites (N-methyl/N-ethyl adjacent to an activating group) is 1. The molecule has 2 heteroatoms. The summed E-state index contributed by atoms with van der Waals surface area (Å²) in [6.45, 7) is 0.975. The molecule has 2 nitrogen and oxygen atoms in total. The smallest absolute Gasteiger partial charge is 0.0256 e. The fraction of sp³-hybridized carbons (Fsp3) is 0.190. The minimum Gasteiger partial charge on any atom is -0.308 e. The molecule has 0 atom stereocenters. The highest BCUT2D eigenvalue weighted by Crippen LogP contribution is 2.35. The van der Waals surface area contributed by atoms with Crippen molar-refractivity contribution in [3.05, 3.63) is 77.4 Å². The second-order valence-corrected chi connectivity index (χ2v) is 6.17. The van der Waals surface area contributed by atoms with Crippen molar-refractivity contribution in [2.75, 3.05) is 20.6 Å². The van der Waals surface area contributed by atoms with Crippen LogP contribution in [0.15, 0.2) is 66.3 Å². The third-order valence-electron chi connectivity index (χ3n) is 4.12. The number of hydrogen-bond donors (Lipinski definition) is 1. The molecule has 1 N–H and O–H groups in total. The van der Waals surface area contributed by atoms with Gasteiger partial charge >= 0.3 is 0 Å². The molecule has 0 saturated carbocycles. The molecule has 3 rings (SSSR count). The Hall–Kier alpha value is -2.45. The lowest BCUT2D eigenvalue weighted by Crippen LogP contribution is -2.13. The van der Waals surface area contributed by atoms with Gasteiger partial charge in [-0.05, 0) is 53.9 Å². The van der Waals surface area contributed by atoms with E-state index in [1.807, 2.05) is 18.2 Å². The van der Waals surface area contributed by atoms with Crippen LogP contribution in [0.1, 0.15) is 17.5 Å². The monoisotopic (exact) mass is 302 g/mol. The van der Waals surface area contributed by atoms with E-state index < -0.39 is 0 Å². The number of benzene rings is 2. The number of rotatable bonds is 5. The lowest BCUT2D eigenvalue weighted by Gasteiger charge is -2.13. The standard InChI is InChI=1S/C21H22N2/c1-23(2)15-16-11-12-17(13-16)19-8-5-6-10-21(19)20-9-4-3-7-18(20)14-22/h3-11,13-14,22H,12,15H2,1-2H3. The minimum atomic E-state index is 0.958. The average molecular weight is 302 g/mol. The van der Waals surface area contributed by atoms with Crippen LogP contribution in [0.4, 0.5) is 0 Å². The highest BCUT2D eigenvalue weighted by molar-refractivity contribution is 5.93. The fourth-order valence-electron chi connectivity index (χ4n) is 3.11. The fourth-order valence-corrected chi connectivity index (χ4v) is 3.11. The molecule has 0 heterocycles. The van der Waals surface area contributed by atoms with Gasteiger partial charge in [-0.15, -0.1) is 0 Å². The molecular formula is C21H22N2. The molecular weight excluding hydrogens is 280 g/mol. The number of hydrogen-bond acceptors (Lipinski definition) is 2. The Balaban J connectivity index is 2.02. The van der Waals surface area contributed by atoms with Crippen LogP contribution >= 0.6 is 0 Å². The van der Waals surface area contributed by atoms with Crippen LogP contribution in [0.2, 0.25) is 0 Å². The highest BCUT2D eigenvalue weighted by atomic mass is 15.0.